The number of hydrogen-bond acceptors (Lipinski definition) is 4. The number of likely N-dealkylation sites (N-methyl/N-ethyl adjacent to an activating group) is 1. The standard InChI is InChI=1S/C24H30FN5O2/c1-28(2)19-12-14-29(16-19)22-11-10-18(15-20(22)25)30-13-6-9-21(23(30)31)27-24(32)26-17-7-4-3-5-8-17/h3-5,7-8,10-11,15,19,21H,6,9,12-14,16H2,1-2H3,(H2,26,27,32)/t19?,21-/m1/s1. The van der Waals surface area contributed by atoms with Gasteiger partial charge in [-0.05, 0) is 63.7 Å². The Kier molecular flexibility index (Phi) is 6.60. The Morgan fingerprint density at radius 2 is 1.88 bits per heavy atom. The molecule has 2 aliphatic rings. The minimum absolute atomic E-state index is 0.222. The number of benzene rings is 2. The lowest BCUT2D eigenvalue weighted by Crippen LogP contribution is -2.53. The number of halogens is 1. The number of nitrogens with one attached hydrogen (secondary N) is 2. The van der Waals surface area contributed by atoms with Crippen LogP contribution in [0.3, 0.4) is 0 Å². The summed E-state index contributed by atoms with van der Waals surface area (Å²) in [5.74, 6) is -0.549. The Balaban J connectivity index is 1.41. The second-order valence-corrected chi connectivity index (χ2v) is 8.64. The van der Waals surface area contributed by atoms with Crippen molar-refractivity contribution in [1.29, 1.82) is 0 Å². The third-order valence-corrected chi connectivity index (χ3v) is 6.25. The Morgan fingerprint density at radius 3 is 2.56 bits per heavy atom. The molecule has 170 valence electrons. The monoisotopic (exact) mass is 439 g/mol. The number of anilines is 3. The maximum atomic E-state index is 15.0. The summed E-state index contributed by atoms with van der Waals surface area (Å²) in [7, 11) is 4.08. The molecule has 2 heterocycles. The van der Waals surface area contributed by atoms with Gasteiger partial charge in [-0.3, -0.25) is 4.79 Å². The Morgan fingerprint density at radius 1 is 1.09 bits per heavy atom. The van der Waals surface area contributed by atoms with Gasteiger partial charge in [-0.25, -0.2) is 9.18 Å². The number of piperidine rings is 1. The first-order valence-electron chi connectivity index (χ1n) is 11.1. The zero-order valence-electron chi connectivity index (χ0n) is 18.6. The lowest BCUT2D eigenvalue weighted by molar-refractivity contribution is -0.121. The first-order valence-corrected chi connectivity index (χ1v) is 11.1. The van der Waals surface area contributed by atoms with E-state index in [9.17, 15) is 14.0 Å². The SMILES string of the molecule is CN(C)C1CCN(c2ccc(N3CCC[C@@H](NC(=O)Nc4ccccc4)C3=O)cc2F)C1. The number of para-hydroxylation sites is 1. The lowest BCUT2D eigenvalue weighted by atomic mass is 10.0. The molecule has 3 amide bonds. The molecule has 2 saturated heterocycles. The van der Waals surface area contributed by atoms with Crippen LogP contribution in [-0.2, 0) is 4.79 Å². The molecule has 0 radical (unpaired) electrons. The molecular weight excluding hydrogens is 409 g/mol. The van der Waals surface area contributed by atoms with Crippen LogP contribution in [0, 0.1) is 5.82 Å². The van der Waals surface area contributed by atoms with E-state index in [1.54, 1.807) is 29.2 Å². The Labute approximate surface area is 188 Å². The molecule has 4 rings (SSSR count). The van der Waals surface area contributed by atoms with Gasteiger partial charge in [-0.15, -0.1) is 0 Å². The van der Waals surface area contributed by atoms with E-state index in [1.165, 1.54) is 6.07 Å². The molecule has 0 bridgehead atoms. The molecule has 2 atom stereocenters. The van der Waals surface area contributed by atoms with Gasteiger partial charge in [0.25, 0.3) is 0 Å². The highest BCUT2D eigenvalue weighted by atomic mass is 19.1. The minimum atomic E-state index is -0.644. The van der Waals surface area contributed by atoms with Gasteiger partial charge in [0.05, 0.1) is 5.69 Å². The summed E-state index contributed by atoms with van der Waals surface area (Å²) in [6, 6.07) is 13.4. The third kappa shape index (κ3) is 4.85. The van der Waals surface area contributed by atoms with Gasteiger partial charge in [0.1, 0.15) is 11.9 Å². The van der Waals surface area contributed by atoms with E-state index in [2.05, 4.69) is 20.4 Å². The summed E-state index contributed by atoms with van der Waals surface area (Å²) < 4.78 is 15.0. The number of rotatable bonds is 5. The first kappa shape index (κ1) is 22.1. The van der Waals surface area contributed by atoms with Crippen LogP contribution in [0.25, 0.3) is 0 Å². The second kappa shape index (κ2) is 9.56. The van der Waals surface area contributed by atoms with Crippen molar-refractivity contribution in [2.24, 2.45) is 0 Å². The van der Waals surface area contributed by atoms with Crippen LogP contribution in [0.15, 0.2) is 48.5 Å². The van der Waals surface area contributed by atoms with Gasteiger partial charge < -0.3 is 25.3 Å². The molecule has 7 nitrogen and oxygen atoms in total. The maximum Gasteiger partial charge on any atom is 0.319 e. The van der Waals surface area contributed by atoms with Crippen LogP contribution in [-0.4, -0.2) is 62.7 Å². The summed E-state index contributed by atoms with van der Waals surface area (Å²) in [4.78, 5) is 31.1. The van der Waals surface area contributed by atoms with Gasteiger partial charge in [0.2, 0.25) is 5.91 Å². The predicted molar refractivity (Wildman–Crippen MR) is 125 cm³/mol. The van der Waals surface area contributed by atoms with E-state index in [0.717, 1.165) is 25.9 Å². The fourth-order valence-electron chi connectivity index (χ4n) is 4.41. The highest BCUT2D eigenvalue weighted by molar-refractivity contribution is 6.01. The summed E-state index contributed by atoms with van der Waals surface area (Å²) in [5, 5.41) is 5.49. The van der Waals surface area contributed by atoms with Crippen LogP contribution in [0.2, 0.25) is 0 Å². The first-order chi connectivity index (χ1) is 15.4. The van der Waals surface area contributed by atoms with Gasteiger partial charge in [0, 0.05) is 37.1 Å². The normalized spacial score (nSPS) is 21.2. The summed E-state index contributed by atoms with van der Waals surface area (Å²) in [5.41, 5.74) is 1.75. The van der Waals surface area contributed by atoms with E-state index >= 15 is 0 Å². The number of amides is 3. The number of nitrogens with zero attached hydrogens (tertiary/aromatic N) is 3. The number of urea groups is 1. The molecule has 0 aliphatic carbocycles. The number of carbonyl (C=O) groups excluding carboxylic acids is 2. The summed E-state index contributed by atoms with van der Waals surface area (Å²) in [6.07, 6.45) is 2.27. The quantitative estimate of drug-likeness (QED) is 0.750. The van der Waals surface area contributed by atoms with Crippen molar-refractivity contribution in [3.05, 3.63) is 54.3 Å². The van der Waals surface area contributed by atoms with Crippen LogP contribution in [0.5, 0.6) is 0 Å². The van der Waals surface area contributed by atoms with E-state index in [0.29, 0.717) is 36.1 Å². The number of carbonyl (C=O) groups is 2. The van der Waals surface area contributed by atoms with E-state index in [-0.39, 0.29) is 11.7 Å². The topological polar surface area (TPSA) is 67.9 Å². The van der Waals surface area contributed by atoms with Crippen molar-refractivity contribution in [2.45, 2.75) is 31.3 Å². The van der Waals surface area contributed by atoms with Gasteiger partial charge >= 0.3 is 6.03 Å². The zero-order chi connectivity index (χ0) is 22.7. The molecule has 2 aromatic carbocycles. The molecule has 8 heteroatoms. The largest absolute Gasteiger partial charge is 0.368 e. The molecule has 0 saturated carbocycles. The Bertz CT molecular complexity index is 968. The van der Waals surface area contributed by atoms with Gasteiger partial charge in [0.15, 0.2) is 0 Å². The fourth-order valence-corrected chi connectivity index (χ4v) is 4.41. The number of hydrogen-bond donors (Lipinski definition) is 2. The van der Waals surface area contributed by atoms with Crippen molar-refractivity contribution in [1.82, 2.24) is 10.2 Å². The summed E-state index contributed by atoms with van der Waals surface area (Å²) in [6.45, 7) is 2.10. The van der Waals surface area contributed by atoms with Gasteiger partial charge in [-0.2, -0.15) is 0 Å². The summed E-state index contributed by atoms with van der Waals surface area (Å²) >= 11 is 0. The molecule has 2 N–H and O–H groups in total. The predicted octanol–water partition coefficient (Wildman–Crippen LogP) is 3.28. The molecule has 1 unspecified atom stereocenters. The van der Waals surface area contributed by atoms with Crippen molar-refractivity contribution in [3.63, 3.8) is 0 Å². The average Bonchev–Trinajstić information content (AvgIpc) is 3.26. The van der Waals surface area contributed by atoms with Crippen LogP contribution in [0.4, 0.5) is 26.2 Å². The van der Waals surface area contributed by atoms with Crippen molar-refractivity contribution in [3.8, 4) is 0 Å². The molecule has 2 aromatic rings. The van der Waals surface area contributed by atoms with Crippen molar-refractivity contribution >= 4 is 29.0 Å². The Hall–Kier alpha value is -3.13. The highest BCUT2D eigenvalue weighted by Gasteiger charge is 2.32. The maximum absolute atomic E-state index is 15.0. The van der Waals surface area contributed by atoms with E-state index in [4.69, 9.17) is 0 Å². The average molecular weight is 440 g/mol. The van der Waals surface area contributed by atoms with Crippen molar-refractivity contribution < 1.29 is 14.0 Å². The molecule has 32 heavy (non-hydrogen) atoms. The molecule has 2 fully saturated rings. The zero-order valence-corrected chi connectivity index (χ0v) is 18.6. The second-order valence-electron chi connectivity index (χ2n) is 8.64. The fraction of sp³-hybridized carbons (Fsp3) is 0.417. The lowest BCUT2D eigenvalue weighted by Gasteiger charge is -2.33. The third-order valence-electron chi connectivity index (χ3n) is 6.25. The van der Waals surface area contributed by atoms with Crippen LogP contribution >= 0.6 is 0 Å². The molecule has 2 aliphatic heterocycles. The smallest absolute Gasteiger partial charge is 0.319 e. The molecule has 0 aromatic heterocycles. The van der Waals surface area contributed by atoms with E-state index in [1.807, 2.05) is 32.3 Å². The van der Waals surface area contributed by atoms with E-state index < -0.39 is 12.1 Å². The van der Waals surface area contributed by atoms with Gasteiger partial charge in [-0.1, -0.05) is 18.2 Å². The highest BCUT2D eigenvalue weighted by Crippen LogP contribution is 2.30. The van der Waals surface area contributed by atoms with Crippen LogP contribution in [0.1, 0.15) is 19.3 Å². The molecule has 0 spiro atoms. The van der Waals surface area contributed by atoms with Crippen LogP contribution < -0.4 is 20.4 Å². The minimum Gasteiger partial charge on any atom is -0.368 e. The van der Waals surface area contributed by atoms with Crippen molar-refractivity contribution in [2.75, 3.05) is 48.8 Å². The molecular formula is C24H30FN5O2.